The van der Waals surface area contributed by atoms with E-state index >= 15 is 0 Å². The van der Waals surface area contributed by atoms with Gasteiger partial charge in [-0.15, -0.1) is 0 Å². The lowest BCUT2D eigenvalue weighted by molar-refractivity contribution is -0.136. The van der Waals surface area contributed by atoms with E-state index in [1.165, 1.54) is 0 Å². The van der Waals surface area contributed by atoms with Crippen molar-refractivity contribution >= 4 is 23.4 Å². The number of ether oxygens (including phenoxy) is 3. The molecule has 2 aromatic carbocycles. The number of anilines is 1. The first kappa shape index (κ1) is 27.4. The highest BCUT2D eigenvalue weighted by Crippen LogP contribution is 2.33. The number of benzene rings is 2. The van der Waals surface area contributed by atoms with E-state index < -0.39 is 0 Å². The maximum atomic E-state index is 13.6. The number of likely N-dealkylation sites (N-methyl/N-ethyl adjacent to an activating group) is 1. The van der Waals surface area contributed by atoms with Crippen LogP contribution in [-0.2, 0) is 9.53 Å². The third-order valence-corrected chi connectivity index (χ3v) is 7.24. The van der Waals surface area contributed by atoms with E-state index in [-0.39, 0.29) is 48.3 Å². The van der Waals surface area contributed by atoms with Gasteiger partial charge in [-0.3, -0.25) is 14.4 Å². The summed E-state index contributed by atoms with van der Waals surface area (Å²) < 4.78 is 17.1. The Labute approximate surface area is 224 Å². The van der Waals surface area contributed by atoms with E-state index in [0.29, 0.717) is 41.4 Å². The van der Waals surface area contributed by atoms with Crippen LogP contribution < -0.4 is 14.8 Å². The molecule has 0 aromatic heterocycles. The lowest BCUT2D eigenvalue weighted by Crippen LogP contribution is -2.49. The summed E-state index contributed by atoms with van der Waals surface area (Å²) in [4.78, 5) is 43.0. The Balaban J connectivity index is 1.62. The Morgan fingerprint density at radius 3 is 2.50 bits per heavy atom. The molecule has 1 fully saturated rings. The zero-order valence-corrected chi connectivity index (χ0v) is 22.7. The van der Waals surface area contributed by atoms with Gasteiger partial charge in [-0.1, -0.05) is 13.0 Å². The maximum Gasteiger partial charge on any atom is 0.257 e. The minimum Gasteiger partial charge on any atom is -0.497 e. The number of fused-ring (bicyclic) bond motifs is 1. The fourth-order valence-corrected chi connectivity index (χ4v) is 4.69. The highest BCUT2D eigenvalue weighted by Gasteiger charge is 2.37. The van der Waals surface area contributed by atoms with Crippen molar-refractivity contribution in [3.63, 3.8) is 0 Å². The lowest BCUT2D eigenvalue weighted by Gasteiger charge is -2.36. The van der Waals surface area contributed by atoms with Crippen molar-refractivity contribution in [3.05, 3.63) is 53.6 Å². The minimum absolute atomic E-state index is 0.00721. The van der Waals surface area contributed by atoms with Crippen molar-refractivity contribution in [1.82, 2.24) is 9.80 Å². The van der Waals surface area contributed by atoms with Gasteiger partial charge in [-0.05, 0) is 56.2 Å². The van der Waals surface area contributed by atoms with E-state index in [9.17, 15) is 14.4 Å². The van der Waals surface area contributed by atoms with Gasteiger partial charge >= 0.3 is 0 Å². The van der Waals surface area contributed by atoms with Crippen LogP contribution in [-0.4, -0.2) is 80.6 Å². The van der Waals surface area contributed by atoms with Crippen molar-refractivity contribution in [3.8, 4) is 11.5 Å². The van der Waals surface area contributed by atoms with Crippen molar-refractivity contribution in [2.45, 2.75) is 38.8 Å². The van der Waals surface area contributed by atoms with Crippen molar-refractivity contribution in [2.75, 3.05) is 46.3 Å². The van der Waals surface area contributed by atoms with Gasteiger partial charge in [0, 0.05) is 50.3 Å². The first-order valence-corrected chi connectivity index (χ1v) is 13.0. The molecule has 3 atom stereocenters. The normalized spacial score (nSPS) is 22.4. The highest BCUT2D eigenvalue weighted by atomic mass is 16.5. The molecular weight excluding hydrogens is 486 g/mol. The number of rotatable bonds is 5. The molecule has 2 aromatic rings. The predicted molar refractivity (Wildman–Crippen MR) is 144 cm³/mol. The molecule has 9 nitrogen and oxygen atoms in total. The summed E-state index contributed by atoms with van der Waals surface area (Å²) in [6.07, 6.45) is 1.59. The summed E-state index contributed by atoms with van der Waals surface area (Å²) in [6, 6.07) is 11.7. The van der Waals surface area contributed by atoms with E-state index in [1.54, 1.807) is 68.6 Å². The number of amides is 3. The van der Waals surface area contributed by atoms with Crippen LogP contribution in [0.3, 0.4) is 0 Å². The Hall–Kier alpha value is -3.59. The van der Waals surface area contributed by atoms with Crippen LogP contribution in [0.2, 0.25) is 0 Å². The number of nitrogens with one attached hydrogen (secondary N) is 1. The monoisotopic (exact) mass is 523 g/mol. The molecule has 2 aliphatic rings. The third-order valence-electron chi connectivity index (χ3n) is 7.24. The SMILES string of the molecule is COc1cccc(C(=O)Nc2ccc3c(c2)C(=O)N(C)C[C@@H](OC)[C@H](C)CN(C(=O)C2CC2)[C@H](C)CO3)c1. The predicted octanol–water partition coefficient (Wildman–Crippen LogP) is 3.69. The number of nitrogens with zero attached hydrogens (tertiary/aromatic N) is 2. The fourth-order valence-electron chi connectivity index (χ4n) is 4.69. The Morgan fingerprint density at radius 1 is 1.05 bits per heavy atom. The Kier molecular flexibility index (Phi) is 8.56. The smallest absolute Gasteiger partial charge is 0.257 e. The van der Waals surface area contributed by atoms with Crippen LogP contribution in [0.15, 0.2) is 42.5 Å². The van der Waals surface area contributed by atoms with Gasteiger partial charge in [0.1, 0.15) is 18.1 Å². The number of carbonyl (C=O) groups excluding carboxylic acids is 3. The average molecular weight is 524 g/mol. The van der Waals surface area contributed by atoms with Crippen LogP contribution in [0.4, 0.5) is 5.69 Å². The molecular formula is C29H37N3O6. The van der Waals surface area contributed by atoms with Gasteiger partial charge < -0.3 is 29.3 Å². The second-order valence-corrected chi connectivity index (χ2v) is 10.3. The molecule has 9 heteroatoms. The summed E-state index contributed by atoms with van der Waals surface area (Å²) in [6.45, 7) is 5.12. The topological polar surface area (TPSA) is 97.4 Å². The van der Waals surface area contributed by atoms with Crippen LogP contribution >= 0.6 is 0 Å². The second-order valence-electron chi connectivity index (χ2n) is 10.3. The van der Waals surface area contributed by atoms with Crippen molar-refractivity contribution in [1.29, 1.82) is 0 Å². The average Bonchev–Trinajstić information content (AvgIpc) is 3.78. The number of carbonyl (C=O) groups is 3. The van der Waals surface area contributed by atoms with Gasteiger partial charge in [0.25, 0.3) is 11.8 Å². The van der Waals surface area contributed by atoms with Crippen molar-refractivity contribution in [2.24, 2.45) is 11.8 Å². The fraction of sp³-hybridized carbons (Fsp3) is 0.483. The lowest BCUT2D eigenvalue weighted by atomic mass is 10.0. The summed E-state index contributed by atoms with van der Waals surface area (Å²) in [5.41, 5.74) is 1.22. The number of hydrogen-bond acceptors (Lipinski definition) is 6. The quantitative estimate of drug-likeness (QED) is 0.642. The number of hydrogen-bond donors (Lipinski definition) is 1. The van der Waals surface area contributed by atoms with Gasteiger partial charge in [-0.2, -0.15) is 0 Å². The second kappa shape index (κ2) is 11.9. The summed E-state index contributed by atoms with van der Waals surface area (Å²) in [7, 11) is 4.89. The summed E-state index contributed by atoms with van der Waals surface area (Å²) >= 11 is 0. The van der Waals surface area contributed by atoms with E-state index in [2.05, 4.69) is 5.32 Å². The highest BCUT2D eigenvalue weighted by molar-refractivity contribution is 6.05. The third kappa shape index (κ3) is 6.27. The van der Waals surface area contributed by atoms with E-state index in [0.717, 1.165) is 12.8 Å². The molecule has 4 rings (SSSR count). The molecule has 0 radical (unpaired) electrons. The van der Waals surface area contributed by atoms with Gasteiger partial charge in [0.05, 0.1) is 24.8 Å². The van der Waals surface area contributed by atoms with Crippen molar-refractivity contribution < 1.29 is 28.6 Å². The van der Waals surface area contributed by atoms with E-state index in [1.807, 2.05) is 18.7 Å². The standard InChI is InChI=1S/C29H37N3O6/c1-18-15-32(28(34)20-9-10-20)19(2)17-38-25-12-11-22(14-24(25)29(35)31(3)16-26(18)37-5)30-27(33)21-7-6-8-23(13-21)36-4/h6-8,11-14,18-20,26H,9-10,15-17H2,1-5H3,(H,30,33)/t18-,19-,26-/m1/s1. The molecule has 3 amide bonds. The van der Waals surface area contributed by atoms with E-state index in [4.69, 9.17) is 14.2 Å². The molecule has 1 saturated carbocycles. The molecule has 0 unspecified atom stereocenters. The molecule has 0 spiro atoms. The largest absolute Gasteiger partial charge is 0.497 e. The van der Waals surface area contributed by atoms with Crippen LogP contribution in [0.5, 0.6) is 11.5 Å². The molecule has 1 N–H and O–H groups in total. The summed E-state index contributed by atoms with van der Waals surface area (Å²) in [5, 5.41) is 2.86. The van der Waals surface area contributed by atoms with Crippen LogP contribution in [0.1, 0.15) is 47.4 Å². The molecule has 0 saturated heterocycles. The molecule has 0 bridgehead atoms. The Morgan fingerprint density at radius 2 is 1.82 bits per heavy atom. The van der Waals surface area contributed by atoms with Gasteiger partial charge in [0.2, 0.25) is 5.91 Å². The van der Waals surface area contributed by atoms with Crippen LogP contribution in [0.25, 0.3) is 0 Å². The zero-order valence-electron chi connectivity index (χ0n) is 22.7. The maximum absolute atomic E-state index is 13.6. The van der Waals surface area contributed by atoms with Gasteiger partial charge in [-0.25, -0.2) is 0 Å². The molecule has 1 aliphatic heterocycles. The molecule has 204 valence electrons. The molecule has 1 aliphatic carbocycles. The first-order valence-electron chi connectivity index (χ1n) is 13.0. The van der Waals surface area contributed by atoms with Crippen LogP contribution in [0, 0.1) is 11.8 Å². The minimum atomic E-state index is -0.324. The Bertz CT molecular complexity index is 1180. The summed E-state index contributed by atoms with van der Waals surface area (Å²) in [5.74, 6) is 0.652. The number of methoxy groups -OCH3 is 2. The van der Waals surface area contributed by atoms with Gasteiger partial charge in [0.15, 0.2) is 0 Å². The molecule has 1 heterocycles. The molecule has 38 heavy (non-hydrogen) atoms. The first-order chi connectivity index (χ1) is 18.2. The zero-order chi connectivity index (χ0) is 27.4.